The molecule has 1 unspecified atom stereocenters. The predicted octanol–water partition coefficient (Wildman–Crippen LogP) is 0.796. The normalized spacial score (nSPS) is 12.1. The molecule has 1 aromatic heterocycles. The van der Waals surface area contributed by atoms with Crippen LogP contribution in [0, 0.1) is 0 Å². The van der Waals surface area contributed by atoms with Crippen LogP contribution in [0.2, 0.25) is 0 Å². The predicted molar refractivity (Wildman–Crippen MR) is 65.6 cm³/mol. The first-order valence-electron chi connectivity index (χ1n) is 5.17. The molecule has 0 aliphatic carbocycles. The third-order valence-electron chi connectivity index (χ3n) is 2.55. The minimum absolute atomic E-state index is 0.0309. The van der Waals surface area contributed by atoms with Crippen LogP contribution < -0.4 is 4.65 Å². The van der Waals surface area contributed by atoms with Crippen molar-refractivity contribution in [3.8, 4) is 11.5 Å². The van der Waals surface area contributed by atoms with Crippen LogP contribution in [0.1, 0.15) is 17.2 Å². The fraction of sp³-hybridized carbons (Fsp3) is 0.0833. The summed E-state index contributed by atoms with van der Waals surface area (Å²) in [4.78, 5) is 3.88. The molecule has 0 radical (unpaired) electrons. The summed E-state index contributed by atoms with van der Waals surface area (Å²) < 4.78 is 5.03. The Hall–Kier alpha value is -2.01. The Morgan fingerprint density at radius 3 is 2.47 bits per heavy atom. The van der Waals surface area contributed by atoms with E-state index in [0.717, 1.165) is 5.75 Å². The molecule has 17 heavy (non-hydrogen) atoms. The molecule has 1 aromatic carbocycles. The standard InChI is InChI=1S/C12H12BNO3/c13-17-9-3-1-8(2-4-9)12(16)10-7-14-6-5-11(10)15/h1-7,12,16H,13H2,(H,14,15). The molecule has 0 bridgehead atoms. The SMILES string of the molecule is BOc1ccc(C(O)c2cnccc2O)cc1. The van der Waals surface area contributed by atoms with E-state index in [1.165, 1.54) is 18.5 Å². The van der Waals surface area contributed by atoms with Gasteiger partial charge in [-0.25, -0.2) is 0 Å². The van der Waals surface area contributed by atoms with Crippen molar-refractivity contribution in [2.75, 3.05) is 0 Å². The summed E-state index contributed by atoms with van der Waals surface area (Å²) in [5, 5.41) is 19.7. The Labute approximate surface area is 100.0 Å². The number of aliphatic hydroxyl groups excluding tert-OH is 1. The molecular formula is C12H12BNO3. The number of pyridine rings is 1. The molecule has 86 valence electrons. The van der Waals surface area contributed by atoms with E-state index in [1.807, 2.05) is 0 Å². The molecular weight excluding hydrogens is 217 g/mol. The van der Waals surface area contributed by atoms with Crippen molar-refractivity contribution in [2.45, 2.75) is 6.10 Å². The van der Waals surface area contributed by atoms with E-state index < -0.39 is 6.10 Å². The zero-order chi connectivity index (χ0) is 12.3. The number of aromatic hydroxyl groups is 1. The zero-order valence-corrected chi connectivity index (χ0v) is 9.37. The van der Waals surface area contributed by atoms with Gasteiger partial charge in [0.15, 0.2) is 0 Å². The topological polar surface area (TPSA) is 62.6 Å². The van der Waals surface area contributed by atoms with Crippen LogP contribution in [0.4, 0.5) is 0 Å². The van der Waals surface area contributed by atoms with Crippen LogP contribution in [0.5, 0.6) is 11.5 Å². The first-order chi connectivity index (χ1) is 8.22. The van der Waals surface area contributed by atoms with Gasteiger partial charge in [0.25, 0.3) is 0 Å². The first kappa shape index (κ1) is 11.5. The number of aromatic nitrogens is 1. The molecule has 2 rings (SSSR count). The highest BCUT2D eigenvalue weighted by molar-refractivity contribution is 5.99. The van der Waals surface area contributed by atoms with Crippen LogP contribution in [0.3, 0.4) is 0 Å². The molecule has 1 atom stereocenters. The van der Waals surface area contributed by atoms with Crippen molar-refractivity contribution in [2.24, 2.45) is 0 Å². The average molecular weight is 229 g/mol. The number of rotatable bonds is 3. The lowest BCUT2D eigenvalue weighted by molar-refractivity contribution is 0.215. The van der Waals surface area contributed by atoms with Gasteiger partial charge in [0, 0.05) is 18.0 Å². The fourth-order valence-electron chi connectivity index (χ4n) is 1.58. The number of aliphatic hydroxyl groups is 1. The fourth-order valence-corrected chi connectivity index (χ4v) is 1.58. The summed E-state index contributed by atoms with van der Waals surface area (Å²) in [6, 6.07) is 8.45. The number of nitrogens with zero attached hydrogens (tertiary/aromatic N) is 1. The summed E-state index contributed by atoms with van der Waals surface area (Å²) in [5.41, 5.74) is 1.06. The van der Waals surface area contributed by atoms with Crippen LogP contribution in [0.25, 0.3) is 0 Å². The quantitative estimate of drug-likeness (QED) is 0.764. The van der Waals surface area contributed by atoms with Crippen molar-refractivity contribution in [1.82, 2.24) is 4.98 Å². The lowest BCUT2D eigenvalue weighted by atomic mass is 10.0. The largest absolute Gasteiger partial charge is 0.568 e. The van der Waals surface area contributed by atoms with Gasteiger partial charge in [0.1, 0.15) is 11.9 Å². The molecule has 4 nitrogen and oxygen atoms in total. The van der Waals surface area contributed by atoms with E-state index in [1.54, 1.807) is 32.3 Å². The maximum atomic E-state index is 10.1. The van der Waals surface area contributed by atoms with Crippen molar-refractivity contribution in [3.63, 3.8) is 0 Å². The third kappa shape index (κ3) is 2.40. The Bertz CT molecular complexity index is 501. The Balaban J connectivity index is 2.30. The Morgan fingerprint density at radius 2 is 1.88 bits per heavy atom. The van der Waals surface area contributed by atoms with E-state index in [9.17, 15) is 10.2 Å². The molecule has 1 heterocycles. The molecule has 0 saturated heterocycles. The summed E-state index contributed by atoms with van der Waals surface area (Å²) >= 11 is 0. The van der Waals surface area contributed by atoms with Crippen molar-refractivity contribution < 1.29 is 14.9 Å². The molecule has 2 N–H and O–H groups in total. The van der Waals surface area contributed by atoms with Gasteiger partial charge < -0.3 is 14.9 Å². The minimum Gasteiger partial charge on any atom is -0.568 e. The second-order valence-electron chi connectivity index (χ2n) is 3.61. The van der Waals surface area contributed by atoms with Crippen molar-refractivity contribution in [3.05, 3.63) is 53.9 Å². The van der Waals surface area contributed by atoms with Crippen molar-refractivity contribution in [1.29, 1.82) is 0 Å². The van der Waals surface area contributed by atoms with Gasteiger partial charge >= 0.3 is 8.05 Å². The third-order valence-corrected chi connectivity index (χ3v) is 2.55. The van der Waals surface area contributed by atoms with Crippen LogP contribution >= 0.6 is 0 Å². The van der Waals surface area contributed by atoms with Crippen LogP contribution in [0.15, 0.2) is 42.7 Å². The number of hydrogen-bond donors (Lipinski definition) is 2. The monoisotopic (exact) mass is 229 g/mol. The molecule has 0 amide bonds. The molecule has 5 heteroatoms. The summed E-state index contributed by atoms with van der Waals surface area (Å²) in [5.74, 6) is 0.750. The maximum Gasteiger partial charge on any atom is 0.322 e. The number of hydrogen-bond acceptors (Lipinski definition) is 4. The molecule has 0 fully saturated rings. The van der Waals surface area contributed by atoms with E-state index in [2.05, 4.69) is 4.98 Å². The van der Waals surface area contributed by atoms with E-state index in [0.29, 0.717) is 11.1 Å². The first-order valence-corrected chi connectivity index (χ1v) is 5.17. The Morgan fingerprint density at radius 1 is 1.18 bits per heavy atom. The Kier molecular flexibility index (Phi) is 3.30. The summed E-state index contributed by atoms with van der Waals surface area (Å²) in [6.45, 7) is 0. The van der Waals surface area contributed by atoms with E-state index >= 15 is 0 Å². The van der Waals surface area contributed by atoms with Crippen LogP contribution in [-0.2, 0) is 0 Å². The molecule has 0 aliphatic heterocycles. The highest BCUT2D eigenvalue weighted by Gasteiger charge is 2.14. The molecule has 2 aromatic rings. The van der Waals surface area contributed by atoms with E-state index in [-0.39, 0.29) is 5.75 Å². The maximum absolute atomic E-state index is 10.1. The summed E-state index contributed by atoms with van der Waals surface area (Å²) in [6.07, 6.45) is 2.03. The van der Waals surface area contributed by atoms with Gasteiger partial charge in [-0.1, -0.05) is 12.1 Å². The second kappa shape index (κ2) is 4.89. The van der Waals surface area contributed by atoms with Gasteiger partial charge in [-0.05, 0) is 23.8 Å². The van der Waals surface area contributed by atoms with Crippen molar-refractivity contribution >= 4 is 8.05 Å². The lowest BCUT2D eigenvalue weighted by Gasteiger charge is -2.12. The smallest absolute Gasteiger partial charge is 0.322 e. The summed E-state index contributed by atoms with van der Waals surface area (Å²) in [7, 11) is 1.58. The highest BCUT2D eigenvalue weighted by atomic mass is 16.4. The molecule has 0 spiro atoms. The minimum atomic E-state index is -0.894. The van der Waals surface area contributed by atoms with Gasteiger partial charge in [0.2, 0.25) is 0 Å². The van der Waals surface area contributed by atoms with Gasteiger partial charge in [0.05, 0.1) is 5.75 Å². The molecule has 0 saturated carbocycles. The van der Waals surface area contributed by atoms with Gasteiger partial charge in [-0.3, -0.25) is 4.98 Å². The van der Waals surface area contributed by atoms with Gasteiger partial charge in [-0.2, -0.15) is 0 Å². The van der Waals surface area contributed by atoms with E-state index in [4.69, 9.17) is 4.65 Å². The second-order valence-corrected chi connectivity index (χ2v) is 3.61. The van der Waals surface area contributed by atoms with Gasteiger partial charge in [-0.15, -0.1) is 0 Å². The number of benzene rings is 1. The molecule has 0 aliphatic rings. The lowest BCUT2D eigenvalue weighted by Crippen LogP contribution is -2.00. The van der Waals surface area contributed by atoms with Crippen LogP contribution in [-0.4, -0.2) is 23.2 Å². The highest BCUT2D eigenvalue weighted by Crippen LogP contribution is 2.28. The average Bonchev–Trinajstić information content (AvgIpc) is 2.39. The zero-order valence-electron chi connectivity index (χ0n) is 9.37.